The number of ether oxygens (including phenoxy) is 3. The second-order valence-corrected chi connectivity index (χ2v) is 3.87. The Morgan fingerprint density at radius 1 is 1.37 bits per heavy atom. The Bertz CT molecular complexity index is 517. The van der Waals surface area contributed by atoms with Crippen LogP contribution >= 0.6 is 0 Å². The van der Waals surface area contributed by atoms with Crippen molar-refractivity contribution in [3.63, 3.8) is 0 Å². The van der Waals surface area contributed by atoms with Crippen LogP contribution in [-0.4, -0.2) is 24.2 Å². The zero-order valence-corrected chi connectivity index (χ0v) is 10.4. The van der Waals surface area contributed by atoms with E-state index in [2.05, 4.69) is 4.74 Å². The molecule has 0 fully saturated rings. The third kappa shape index (κ3) is 3.86. The van der Waals surface area contributed by atoms with Crippen LogP contribution < -0.4 is 9.47 Å². The fourth-order valence-corrected chi connectivity index (χ4v) is 1.52. The Hall–Kier alpha value is -2.27. The summed E-state index contributed by atoms with van der Waals surface area (Å²) in [5.41, 5.74) is 0.929. The number of aliphatic hydroxyl groups is 1. The van der Waals surface area contributed by atoms with E-state index in [0.29, 0.717) is 5.75 Å². The minimum atomic E-state index is -1.10. The topological polar surface area (TPSA) is 65.0 Å². The van der Waals surface area contributed by atoms with Gasteiger partial charge in [0, 0.05) is 6.08 Å². The molecular formula is C14H14O5. The van der Waals surface area contributed by atoms with Crippen molar-refractivity contribution in [1.29, 1.82) is 0 Å². The van der Waals surface area contributed by atoms with Gasteiger partial charge in [0.15, 0.2) is 17.8 Å². The fraction of sp³-hybridized carbons (Fsp3) is 0.214. The quantitative estimate of drug-likeness (QED) is 0.388. The van der Waals surface area contributed by atoms with Crippen molar-refractivity contribution in [3.05, 3.63) is 42.0 Å². The molecule has 5 heteroatoms. The molecule has 0 saturated carbocycles. The third-order valence-electron chi connectivity index (χ3n) is 2.32. The van der Waals surface area contributed by atoms with E-state index >= 15 is 0 Å². The van der Waals surface area contributed by atoms with E-state index in [1.54, 1.807) is 6.08 Å². The van der Waals surface area contributed by atoms with Gasteiger partial charge in [0.05, 0.1) is 0 Å². The second kappa shape index (κ2) is 6.06. The summed E-state index contributed by atoms with van der Waals surface area (Å²) in [6.45, 7) is 1.61. The molecule has 0 bridgehead atoms. The van der Waals surface area contributed by atoms with Crippen molar-refractivity contribution in [2.24, 2.45) is 0 Å². The lowest BCUT2D eigenvalue weighted by Crippen LogP contribution is -2.11. The van der Waals surface area contributed by atoms with Gasteiger partial charge >= 0.3 is 5.97 Å². The molecule has 0 radical (unpaired) electrons. The maximum Gasteiger partial charge on any atom is 0.333 e. The Kier molecular flexibility index (Phi) is 4.20. The lowest BCUT2D eigenvalue weighted by Gasteiger charge is -2.02. The molecule has 0 amide bonds. The van der Waals surface area contributed by atoms with Crippen molar-refractivity contribution < 1.29 is 24.1 Å². The summed E-state index contributed by atoms with van der Waals surface area (Å²) in [5, 5.41) is 8.83. The largest absolute Gasteiger partial charge is 0.454 e. The molecule has 2 rings (SSSR count). The van der Waals surface area contributed by atoms with Gasteiger partial charge in [0.1, 0.15) is 0 Å². The minimum Gasteiger partial charge on any atom is -0.454 e. The molecule has 19 heavy (non-hydrogen) atoms. The van der Waals surface area contributed by atoms with Crippen molar-refractivity contribution >= 4 is 12.0 Å². The predicted molar refractivity (Wildman–Crippen MR) is 68.5 cm³/mol. The molecule has 1 aliphatic heterocycles. The highest BCUT2D eigenvalue weighted by Crippen LogP contribution is 2.32. The number of carbonyl (C=O) groups excluding carboxylic acids is 1. The molecule has 100 valence electrons. The van der Waals surface area contributed by atoms with Gasteiger partial charge in [-0.2, -0.15) is 0 Å². The van der Waals surface area contributed by atoms with E-state index in [9.17, 15) is 4.79 Å². The summed E-state index contributed by atoms with van der Waals surface area (Å²) in [6.07, 6.45) is 5.18. The molecule has 1 aliphatic rings. The number of carbonyl (C=O) groups is 1. The van der Waals surface area contributed by atoms with Crippen molar-refractivity contribution in [3.8, 4) is 11.5 Å². The van der Waals surface area contributed by atoms with Gasteiger partial charge in [-0.1, -0.05) is 24.3 Å². The molecule has 1 aromatic rings. The molecule has 1 aromatic carbocycles. The van der Waals surface area contributed by atoms with Gasteiger partial charge in [0.2, 0.25) is 6.79 Å². The van der Waals surface area contributed by atoms with Crippen LogP contribution in [0, 0.1) is 0 Å². The molecule has 1 heterocycles. The Labute approximate surface area is 110 Å². The molecule has 0 spiro atoms. The van der Waals surface area contributed by atoms with Crippen LogP contribution in [0.2, 0.25) is 0 Å². The summed E-state index contributed by atoms with van der Waals surface area (Å²) in [6, 6.07) is 5.56. The Morgan fingerprint density at radius 3 is 2.95 bits per heavy atom. The second-order valence-electron chi connectivity index (χ2n) is 3.87. The molecular weight excluding hydrogens is 248 g/mol. The average Bonchev–Trinajstić information content (AvgIpc) is 2.81. The maximum atomic E-state index is 11.1. The standard InChI is InChI=1S/C14H14O5/c1-10(15)19-14(16)5-3-2-4-11-6-7-12-13(8-11)18-9-17-12/h2-8,10,15H,9H2,1H3. The zero-order valence-electron chi connectivity index (χ0n) is 10.4. The molecule has 0 aliphatic carbocycles. The third-order valence-corrected chi connectivity index (χ3v) is 2.32. The van der Waals surface area contributed by atoms with Crippen LogP contribution in [0.5, 0.6) is 11.5 Å². The van der Waals surface area contributed by atoms with Gasteiger partial charge in [-0.15, -0.1) is 0 Å². The maximum absolute atomic E-state index is 11.1. The number of aliphatic hydroxyl groups excluding tert-OH is 1. The van der Waals surface area contributed by atoms with E-state index in [4.69, 9.17) is 14.6 Å². The highest BCUT2D eigenvalue weighted by molar-refractivity contribution is 5.82. The molecule has 1 unspecified atom stereocenters. The number of hydrogen-bond acceptors (Lipinski definition) is 5. The molecule has 1 atom stereocenters. The zero-order chi connectivity index (χ0) is 13.7. The van der Waals surface area contributed by atoms with Gasteiger partial charge < -0.3 is 19.3 Å². The van der Waals surface area contributed by atoms with Crippen LogP contribution in [0.3, 0.4) is 0 Å². The first-order chi connectivity index (χ1) is 9.15. The van der Waals surface area contributed by atoms with E-state index < -0.39 is 12.3 Å². The van der Waals surface area contributed by atoms with Crippen LogP contribution in [0.4, 0.5) is 0 Å². The summed E-state index contributed by atoms with van der Waals surface area (Å²) < 4.78 is 15.0. The summed E-state index contributed by atoms with van der Waals surface area (Å²) in [7, 11) is 0. The number of allylic oxidation sites excluding steroid dienone is 2. The molecule has 0 aromatic heterocycles. The number of fused-ring (bicyclic) bond motifs is 1. The van der Waals surface area contributed by atoms with Gasteiger partial charge in [0.25, 0.3) is 0 Å². The fourth-order valence-electron chi connectivity index (χ4n) is 1.52. The monoisotopic (exact) mass is 262 g/mol. The Balaban J connectivity index is 1.92. The predicted octanol–water partition coefficient (Wildman–Crippen LogP) is 1.87. The van der Waals surface area contributed by atoms with Crippen molar-refractivity contribution in [1.82, 2.24) is 0 Å². The SMILES string of the molecule is CC(O)OC(=O)C=CC=Cc1ccc2c(c1)OCO2. The number of benzene rings is 1. The van der Waals surface area contributed by atoms with Crippen LogP contribution in [-0.2, 0) is 9.53 Å². The lowest BCUT2D eigenvalue weighted by molar-refractivity contribution is -0.158. The van der Waals surface area contributed by atoms with Crippen LogP contribution in [0.15, 0.2) is 36.4 Å². The summed E-state index contributed by atoms with van der Waals surface area (Å²) in [5.74, 6) is 0.846. The first kappa shape index (κ1) is 13.2. The van der Waals surface area contributed by atoms with Crippen molar-refractivity contribution in [2.45, 2.75) is 13.2 Å². The Morgan fingerprint density at radius 2 is 2.16 bits per heavy atom. The van der Waals surface area contributed by atoms with E-state index in [1.807, 2.05) is 24.3 Å². The van der Waals surface area contributed by atoms with Crippen molar-refractivity contribution in [2.75, 3.05) is 6.79 Å². The molecule has 5 nitrogen and oxygen atoms in total. The number of esters is 1. The van der Waals surface area contributed by atoms with Crippen LogP contribution in [0.25, 0.3) is 6.08 Å². The van der Waals surface area contributed by atoms with Gasteiger partial charge in [-0.05, 0) is 24.6 Å². The van der Waals surface area contributed by atoms with Crippen LogP contribution in [0.1, 0.15) is 12.5 Å². The summed E-state index contributed by atoms with van der Waals surface area (Å²) in [4.78, 5) is 11.1. The normalized spacial score (nSPS) is 15.1. The van der Waals surface area contributed by atoms with E-state index in [1.165, 1.54) is 19.1 Å². The molecule has 0 saturated heterocycles. The summed E-state index contributed by atoms with van der Waals surface area (Å²) >= 11 is 0. The first-order valence-electron chi connectivity index (χ1n) is 5.78. The first-order valence-corrected chi connectivity index (χ1v) is 5.78. The minimum absolute atomic E-state index is 0.244. The highest BCUT2D eigenvalue weighted by Gasteiger charge is 2.11. The average molecular weight is 262 g/mol. The number of rotatable bonds is 4. The smallest absolute Gasteiger partial charge is 0.333 e. The lowest BCUT2D eigenvalue weighted by atomic mass is 10.2. The van der Waals surface area contributed by atoms with E-state index in [-0.39, 0.29) is 6.79 Å². The van der Waals surface area contributed by atoms with E-state index in [0.717, 1.165) is 11.3 Å². The highest BCUT2D eigenvalue weighted by atomic mass is 16.7. The van der Waals surface area contributed by atoms with Gasteiger partial charge in [-0.3, -0.25) is 0 Å². The molecule has 1 N–H and O–H groups in total. The van der Waals surface area contributed by atoms with Gasteiger partial charge in [-0.25, -0.2) is 4.79 Å². The number of hydrogen-bond donors (Lipinski definition) is 1.